The van der Waals surface area contributed by atoms with Crippen LogP contribution in [0.3, 0.4) is 0 Å². The molecule has 0 bridgehead atoms. The summed E-state index contributed by atoms with van der Waals surface area (Å²) >= 11 is 9.57. The molecule has 56 valence electrons. The highest BCUT2D eigenvalue weighted by Crippen LogP contribution is 2.26. The van der Waals surface area contributed by atoms with Crippen LogP contribution in [0, 0.1) is 0 Å². The van der Waals surface area contributed by atoms with Crippen molar-refractivity contribution in [1.82, 2.24) is 0 Å². The maximum Gasteiger partial charge on any atom is 0.172 e. The van der Waals surface area contributed by atoms with E-state index in [0.29, 0.717) is 11.4 Å². The molecule has 11 heavy (non-hydrogen) atoms. The number of isothiocyanates is 1. The first-order valence-corrected chi connectivity index (χ1v) is 3.55. The van der Waals surface area contributed by atoms with Crippen molar-refractivity contribution in [3.05, 3.63) is 24.3 Å². The molecule has 0 heterocycles. The van der Waals surface area contributed by atoms with Gasteiger partial charge < -0.3 is 4.29 Å². The van der Waals surface area contributed by atoms with Crippen LogP contribution < -0.4 is 4.29 Å². The highest BCUT2D eigenvalue weighted by Gasteiger charge is 1.98. The first kappa shape index (κ1) is 8.21. The number of para-hydroxylation sites is 2. The molecule has 0 saturated carbocycles. The van der Waals surface area contributed by atoms with Crippen LogP contribution in [0.5, 0.6) is 5.75 Å². The van der Waals surface area contributed by atoms with Gasteiger partial charge in [0, 0.05) is 0 Å². The summed E-state index contributed by atoms with van der Waals surface area (Å²) in [5, 5.41) is 2.23. The molecule has 1 aromatic rings. The Morgan fingerprint density at radius 1 is 1.45 bits per heavy atom. The van der Waals surface area contributed by atoms with Crippen LogP contribution >= 0.6 is 24.1 Å². The normalized spacial score (nSPS) is 8.45. The van der Waals surface area contributed by atoms with Gasteiger partial charge in [-0.15, -0.1) is 0 Å². The highest BCUT2D eigenvalue weighted by molar-refractivity contribution is 7.78. The highest BCUT2D eigenvalue weighted by atomic mass is 35.5. The lowest BCUT2D eigenvalue weighted by Crippen LogP contribution is -1.74. The molecule has 0 fully saturated rings. The molecule has 1 aromatic carbocycles. The van der Waals surface area contributed by atoms with E-state index < -0.39 is 0 Å². The summed E-state index contributed by atoms with van der Waals surface area (Å²) in [7, 11) is 0. The Morgan fingerprint density at radius 3 is 2.82 bits per heavy atom. The standard InChI is InChI=1S/C7H4ClNOS/c8-10-7-4-2-1-3-6(7)9-5-11/h1-4H. The SMILES string of the molecule is S=C=Nc1ccccc1OCl. The lowest BCUT2D eigenvalue weighted by Gasteiger charge is -1.96. The van der Waals surface area contributed by atoms with E-state index in [4.69, 9.17) is 11.9 Å². The number of aliphatic imine (C=N–C) groups is 1. The Bertz CT molecular complexity index is 296. The summed E-state index contributed by atoms with van der Waals surface area (Å²) in [4.78, 5) is 3.73. The average molecular weight is 186 g/mol. The van der Waals surface area contributed by atoms with E-state index in [1.807, 2.05) is 6.07 Å². The third-order valence-electron chi connectivity index (χ3n) is 1.11. The summed E-state index contributed by atoms with van der Waals surface area (Å²) in [6.45, 7) is 0. The number of rotatable bonds is 2. The quantitative estimate of drug-likeness (QED) is 0.522. The fraction of sp³-hybridized carbons (Fsp3) is 0. The zero-order chi connectivity index (χ0) is 8.10. The molecular formula is C7H4ClNOS. The third-order valence-corrected chi connectivity index (χ3v) is 1.37. The lowest BCUT2D eigenvalue weighted by atomic mass is 10.3. The maximum absolute atomic E-state index is 5.15. The largest absolute Gasteiger partial charge is 0.383 e. The number of hydrogen-bond acceptors (Lipinski definition) is 3. The fourth-order valence-corrected chi connectivity index (χ4v) is 0.893. The van der Waals surface area contributed by atoms with Crippen LogP contribution in [0.15, 0.2) is 29.3 Å². The molecule has 0 atom stereocenters. The van der Waals surface area contributed by atoms with Crippen molar-refractivity contribution in [3.63, 3.8) is 0 Å². The van der Waals surface area contributed by atoms with Gasteiger partial charge in [-0.2, -0.15) is 4.99 Å². The van der Waals surface area contributed by atoms with Crippen molar-refractivity contribution in [2.45, 2.75) is 0 Å². The Labute approximate surface area is 74.6 Å². The van der Waals surface area contributed by atoms with Crippen LogP contribution in [0.2, 0.25) is 0 Å². The van der Waals surface area contributed by atoms with E-state index in [9.17, 15) is 0 Å². The number of benzene rings is 1. The van der Waals surface area contributed by atoms with Gasteiger partial charge >= 0.3 is 0 Å². The molecule has 0 spiro atoms. The van der Waals surface area contributed by atoms with E-state index >= 15 is 0 Å². The van der Waals surface area contributed by atoms with Gasteiger partial charge in [0.05, 0.1) is 5.16 Å². The number of thiocarbonyl (C=S) groups is 1. The predicted octanol–water partition coefficient (Wildman–Crippen LogP) is 2.95. The third kappa shape index (κ3) is 2.02. The van der Waals surface area contributed by atoms with Gasteiger partial charge in [0.25, 0.3) is 0 Å². The second-order valence-electron chi connectivity index (χ2n) is 1.75. The Hall–Kier alpha value is -0.890. The minimum absolute atomic E-state index is 0.478. The van der Waals surface area contributed by atoms with E-state index in [2.05, 4.69) is 26.7 Å². The first-order chi connectivity index (χ1) is 5.38. The molecule has 0 aliphatic heterocycles. The van der Waals surface area contributed by atoms with Gasteiger partial charge in [0.2, 0.25) is 0 Å². The summed E-state index contributed by atoms with van der Waals surface area (Å²) in [6, 6.07) is 7.03. The van der Waals surface area contributed by atoms with E-state index in [1.54, 1.807) is 18.2 Å². The van der Waals surface area contributed by atoms with Crippen molar-refractivity contribution >= 4 is 34.9 Å². The van der Waals surface area contributed by atoms with Gasteiger partial charge in [0.1, 0.15) is 17.6 Å². The number of nitrogens with zero attached hydrogens (tertiary/aromatic N) is 1. The molecule has 0 radical (unpaired) electrons. The second-order valence-corrected chi connectivity index (χ2v) is 2.08. The predicted molar refractivity (Wildman–Crippen MR) is 47.6 cm³/mol. The van der Waals surface area contributed by atoms with Crippen LogP contribution in [-0.4, -0.2) is 5.16 Å². The molecule has 0 unspecified atom stereocenters. The minimum atomic E-state index is 0.478. The summed E-state index contributed by atoms with van der Waals surface area (Å²) in [5.74, 6) is 0.478. The minimum Gasteiger partial charge on any atom is -0.383 e. The van der Waals surface area contributed by atoms with E-state index in [0.717, 1.165) is 0 Å². The number of hydrogen-bond donors (Lipinski definition) is 0. The summed E-state index contributed by atoms with van der Waals surface area (Å²) in [5.41, 5.74) is 0.581. The fourth-order valence-electron chi connectivity index (χ4n) is 0.664. The Kier molecular flexibility index (Phi) is 3.05. The van der Waals surface area contributed by atoms with Crippen molar-refractivity contribution in [2.75, 3.05) is 0 Å². The van der Waals surface area contributed by atoms with Crippen molar-refractivity contribution in [1.29, 1.82) is 0 Å². The van der Waals surface area contributed by atoms with Gasteiger partial charge in [0.15, 0.2) is 5.75 Å². The molecule has 0 N–H and O–H groups in total. The zero-order valence-electron chi connectivity index (χ0n) is 5.45. The number of halogens is 1. The molecule has 0 aliphatic rings. The molecule has 1 rings (SSSR count). The van der Waals surface area contributed by atoms with Crippen LogP contribution in [-0.2, 0) is 0 Å². The Balaban J connectivity index is 3.11. The lowest BCUT2D eigenvalue weighted by molar-refractivity contribution is 0.621. The molecule has 0 aliphatic carbocycles. The van der Waals surface area contributed by atoms with Crippen molar-refractivity contribution in [3.8, 4) is 5.75 Å². The van der Waals surface area contributed by atoms with E-state index in [-0.39, 0.29) is 0 Å². The van der Waals surface area contributed by atoms with Gasteiger partial charge in [-0.05, 0) is 24.4 Å². The van der Waals surface area contributed by atoms with Crippen LogP contribution in [0.1, 0.15) is 0 Å². The van der Waals surface area contributed by atoms with Gasteiger partial charge in [-0.1, -0.05) is 12.1 Å². The van der Waals surface area contributed by atoms with Gasteiger partial charge in [-0.25, -0.2) is 0 Å². The average Bonchev–Trinajstić information content (AvgIpc) is 2.06. The van der Waals surface area contributed by atoms with Gasteiger partial charge in [-0.3, -0.25) is 0 Å². The smallest absolute Gasteiger partial charge is 0.172 e. The molecule has 0 amide bonds. The molecule has 0 aromatic heterocycles. The molecular weight excluding hydrogens is 182 g/mol. The first-order valence-electron chi connectivity index (χ1n) is 2.84. The zero-order valence-corrected chi connectivity index (χ0v) is 7.02. The Morgan fingerprint density at radius 2 is 2.18 bits per heavy atom. The molecule has 2 nitrogen and oxygen atoms in total. The van der Waals surface area contributed by atoms with Crippen molar-refractivity contribution in [2.24, 2.45) is 4.99 Å². The van der Waals surface area contributed by atoms with Crippen LogP contribution in [0.4, 0.5) is 5.69 Å². The molecule has 4 heteroatoms. The van der Waals surface area contributed by atoms with Crippen molar-refractivity contribution < 1.29 is 4.29 Å². The topological polar surface area (TPSA) is 21.6 Å². The maximum atomic E-state index is 5.15. The monoisotopic (exact) mass is 185 g/mol. The molecule has 0 saturated heterocycles. The van der Waals surface area contributed by atoms with Crippen LogP contribution in [0.25, 0.3) is 0 Å². The summed E-state index contributed by atoms with van der Waals surface area (Å²) in [6.07, 6.45) is 0. The summed E-state index contributed by atoms with van der Waals surface area (Å²) < 4.78 is 4.49. The van der Waals surface area contributed by atoms with E-state index in [1.165, 1.54) is 0 Å². The second kappa shape index (κ2) is 4.09.